The molecular formula is C9H17NO4. The molecule has 0 radical (unpaired) electrons. The SMILES string of the molecule is C.COC(OC)C1=NO[C@@H]2COC[C@H]12. The Morgan fingerprint density at radius 1 is 1.36 bits per heavy atom. The van der Waals surface area contributed by atoms with Crippen LogP contribution >= 0.6 is 0 Å². The summed E-state index contributed by atoms with van der Waals surface area (Å²) in [7, 11) is 3.17. The van der Waals surface area contributed by atoms with Crippen molar-refractivity contribution in [1.82, 2.24) is 0 Å². The summed E-state index contributed by atoms with van der Waals surface area (Å²) in [6.07, 6.45) is -0.348. The van der Waals surface area contributed by atoms with Gasteiger partial charge in [-0.3, -0.25) is 0 Å². The number of fused-ring (bicyclic) bond motifs is 1. The first-order valence-corrected chi connectivity index (χ1v) is 4.23. The van der Waals surface area contributed by atoms with E-state index < -0.39 is 6.29 Å². The molecule has 0 aromatic heterocycles. The molecule has 0 aromatic rings. The van der Waals surface area contributed by atoms with Gasteiger partial charge in [0, 0.05) is 14.2 Å². The van der Waals surface area contributed by atoms with E-state index >= 15 is 0 Å². The number of rotatable bonds is 3. The summed E-state index contributed by atoms with van der Waals surface area (Å²) in [6.45, 7) is 1.25. The molecule has 0 N–H and O–H groups in total. The van der Waals surface area contributed by atoms with Crippen LogP contribution in [0.3, 0.4) is 0 Å². The maximum Gasteiger partial charge on any atom is 0.200 e. The molecule has 1 fully saturated rings. The Bertz CT molecular complexity index is 215. The van der Waals surface area contributed by atoms with Crippen LogP contribution in [-0.2, 0) is 19.0 Å². The monoisotopic (exact) mass is 203 g/mol. The highest BCUT2D eigenvalue weighted by Crippen LogP contribution is 2.27. The second-order valence-corrected chi connectivity index (χ2v) is 3.11. The maximum atomic E-state index is 5.26. The van der Waals surface area contributed by atoms with Crippen LogP contribution < -0.4 is 0 Å². The largest absolute Gasteiger partial charge is 0.389 e. The maximum absolute atomic E-state index is 5.26. The van der Waals surface area contributed by atoms with Gasteiger partial charge in [-0.2, -0.15) is 0 Å². The van der Waals surface area contributed by atoms with Crippen molar-refractivity contribution in [3.63, 3.8) is 0 Å². The number of hydrogen-bond acceptors (Lipinski definition) is 5. The molecule has 0 bridgehead atoms. The topological polar surface area (TPSA) is 49.3 Å². The average Bonchev–Trinajstić information content (AvgIpc) is 2.70. The molecule has 0 amide bonds. The fourth-order valence-electron chi connectivity index (χ4n) is 1.67. The molecule has 5 nitrogen and oxygen atoms in total. The Labute approximate surface area is 84.0 Å². The Hall–Kier alpha value is -0.650. The highest BCUT2D eigenvalue weighted by molar-refractivity contribution is 5.91. The van der Waals surface area contributed by atoms with Crippen LogP contribution in [0.2, 0.25) is 0 Å². The minimum atomic E-state index is -0.406. The van der Waals surface area contributed by atoms with Crippen molar-refractivity contribution in [2.24, 2.45) is 11.1 Å². The van der Waals surface area contributed by atoms with Gasteiger partial charge in [0.05, 0.1) is 19.1 Å². The van der Waals surface area contributed by atoms with E-state index in [-0.39, 0.29) is 19.4 Å². The van der Waals surface area contributed by atoms with E-state index in [0.717, 1.165) is 5.71 Å². The lowest BCUT2D eigenvalue weighted by Gasteiger charge is -2.15. The van der Waals surface area contributed by atoms with Crippen molar-refractivity contribution in [2.75, 3.05) is 27.4 Å². The van der Waals surface area contributed by atoms with Gasteiger partial charge in [-0.15, -0.1) is 0 Å². The van der Waals surface area contributed by atoms with Crippen LogP contribution in [0.25, 0.3) is 0 Å². The molecule has 0 saturated carbocycles. The third kappa shape index (κ3) is 1.75. The Morgan fingerprint density at radius 2 is 2.07 bits per heavy atom. The molecule has 0 aromatic carbocycles. The summed E-state index contributed by atoms with van der Waals surface area (Å²) in [5.74, 6) is 0.199. The molecule has 0 spiro atoms. The van der Waals surface area contributed by atoms with Gasteiger partial charge in [0.15, 0.2) is 12.4 Å². The van der Waals surface area contributed by atoms with Gasteiger partial charge in [-0.05, 0) is 0 Å². The van der Waals surface area contributed by atoms with Crippen molar-refractivity contribution in [3.05, 3.63) is 0 Å². The van der Waals surface area contributed by atoms with Gasteiger partial charge in [0.1, 0.15) is 5.71 Å². The van der Waals surface area contributed by atoms with E-state index in [4.69, 9.17) is 19.0 Å². The van der Waals surface area contributed by atoms with Gasteiger partial charge in [-0.25, -0.2) is 0 Å². The minimum Gasteiger partial charge on any atom is -0.389 e. The number of methoxy groups -OCH3 is 2. The van der Waals surface area contributed by atoms with E-state index in [9.17, 15) is 0 Å². The normalized spacial score (nSPS) is 29.5. The summed E-state index contributed by atoms with van der Waals surface area (Å²) in [4.78, 5) is 5.18. The fourth-order valence-corrected chi connectivity index (χ4v) is 1.67. The van der Waals surface area contributed by atoms with E-state index in [0.29, 0.717) is 13.2 Å². The minimum absolute atomic E-state index is 0. The van der Waals surface area contributed by atoms with E-state index in [1.54, 1.807) is 14.2 Å². The second-order valence-electron chi connectivity index (χ2n) is 3.11. The molecule has 0 unspecified atom stereocenters. The molecule has 82 valence electrons. The van der Waals surface area contributed by atoms with Gasteiger partial charge < -0.3 is 19.0 Å². The van der Waals surface area contributed by atoms with E-state index in [1.807, 2.05) is 0 Å². The lowest BCUT2D eigenvalue weighted by Crippen LogP contribution is -2.33. The van der Waals surface area contributed by atoms with Crippen molar-refractivity contribution < 1.29 is 19.0 Å². The van der Waals surface area contributed by atoms with Crippen LogP contribution in [0.1, 0.15) is 7.43 Å². The Morgan fingerprint density at radius 3 is 2.71 bits per heavy atom. The lowest BCUT2D eigenvalue weighted by molar-refractivity contribution is -0.0549. The summed E-state index contributed by atoms with van der Waals surface area (Å²) in [5.41, 5.74) is 0.799. The van der Waals surface area contributed by atoms with Crippen molar-refractivity contribution in [2.45, 2.75) is 19.8 Å². The van der Waals surface area contributed by atoms with Crippen molar-refractivity contribution in [3.8, 4) is 0 Å². The van der Waals surface area contributed by atoms with E-state index in [1.165, 1.54) is 0 Å². The van der Waals surface area contributed by atoms with Crippen molar-refractivity contribution in [1.29, 1.82) is 0 Å². The fraction of sp³-hybridized carbons (Fsp3) is 0.889. The predicted octanol–water partition coefficient (Wildman–Crippen LogP) is 0.643. The van der Waals surface area contributed by atoms with Crippen LogP contribution in [0.5, 0.6) is 0 Å². The first kappa shape index (κ1) is 11.4. The van der Waals surface area contributed by atoms with Crippen molar-refractivity contribution >= 4 is 5.71 Å². The molecule has 1 saturated heterocycles. The number of nitrogens with zero attached hydrogens (tertiary/aromatic N) is 1. The third-order valence-electron chi connectivity index (χ3n) is 2.37. The lowest BCUT2D eigenvalue weighted by atomic mass is 10.0. The second kappa shape index (κ2) is 4.72. The highest BCUT2D eigenvalue weighted by atomic mass is 16.7. The number of ether oxygens (including phenoxy) is 3. The molecule has 2 atom stereocenters. The summed E-state index contributed by atoms with van der Waals surface area (Å²) in [5, 5.41) is 3.95. The number of oxime groups is 1. The molecule has 0 aliphatic carbocycles. The van der Waals surface area contributed by atoms with Crippen LogP contribution in [0, 0.1) is 5.92 Å². The number of hydrogen-bond donors (Lipinski definition) is 0. The van der Waals surface area contributed by atoms with Crippen LogP contribution in [0.4, 0.5) is 0 Å². The molecule has 2 aliphatic rings. The van der Waals surface area contributed by atoms with Gasteiger partial charge in [0.2, 0.25) is 0 Å². The highest BCUT2D eigenvalue weighted by Gasteiger charge is 2.42. The standard InChI is InChI=1S/C8H13NO4.CH4/c1-10-8(11-2)7-5-3-12-4-6(5)13-9-7;/h5-6,8H,3-4H2,1-2H3;1H4/t5-,6+;/m0./s1. The molecule has 2 aliphatic heterocycles. The van der Waals surface area contributed by atoms with Gasteiger partial charge >= 0.3 is 0 Å². The Balaban J connectivity index is 0.000000980. The summed E-state index contributed by atoms with van der Waals surface area (Å²) >= 11 is 0. The summed E-state index contributed by atoms with van der Waals surface area (Å²) < 4.78 is 15.5. The van der Waals surface area contributed by atoms with E-state index in [2.05, 4.69) is 5.16 Å². The average molecular weight is 203 g/mol. The summed E-state index contributed by atoms with van der Waals surface area (Å²) in [6, 6.07) is 0. The molecule has 2 heterocycles. The zero-order valence-corrected chi connectivity index (χ0v) is 7.73. The predicted molar refractivity (Wildman–Crippen MR) is 51.2 cm³/mol. The first-order chi connectivity index (χ1) is 6.36. The zero-order chi connectivity index (χ0) is 9.26. The molecule has 5 heteroatoms. The quantitative estimate of drug-likeness (QED) is 0.632. The Kier molecular flexibility index (Phi) is 3.86. The molecule has 2 rings (SSSR count). The smallest absolute Gasteiger partial charge is 0.200 e. The van der Waals surface area contributed by atoms with Gasteiger partial charge in [0.25, 0.3) is 0 Å². The zero-order valence-electron chi connectivity index (χ0n) is 7.73. The third-order valence-corrected chi connectivity index (χ3v) is 2.37. The van der Waals surface area contributed by atoms with Crippen LogP contribution in [-0.4, -0.2) is 45.5 Å². The molecule has 14 heavy (non-hydrogen) atoms. The molecular weight excluding hydrogens is 186 g/mol. The van der Waals surface area contributed by atoms with Crippen LogP contribution in [0.15, 0.2) is 5.16 Å². The van der Waals surface area contributed by atoms with Gasteiger partial charge in [-0.1, -0.05) is 12.6 Å². The first-order valence-electron chi connectivity index (χ1n) is 4.23.